The van der Waals surface area contributed by atoms with Crippen molar-refractivity contribution in [3.63, 3.8) is 0 Å². The van der Waals surface area contributed by atoms with Crippen LogP contribution in [0.3, 0.4) is 0 Å². The fourth-order valence-electron chi connectivity index (χ4n) is 1.87. The summed E-state index contributed by atoms with van der Waals surface area (Å²) in [5.41, 5.74) is 7.81. The van der Waals surface area contributed by atoms with Crippen LogP contribution >= 0.6 is 11.6 Å². The number of benzene rings is 2. The Balaban J connectivity index is 2.23. The number of hydrogen-bond acceptors (Lipinski definition) is 3. The van der Waals surface area contributed by atoms with E-state index in [4.69, 9.17) is 17.3 Å². The topological polar surface area (TPSA) is 72.2 Å². The molecule has 21 heavy (non-hydrogen) atoms. The van der Waals surface area contributed by atoms with E-state index in [0.717, 1.165) is 17.5 Å². The average Bonchev–Trinajstić information content (AvgIpc) is 2.44. The number of hydrogen-bond donors (Lipinski definition) is 2. The molecule has 2 rings (SSSR count). The molecule has 3 N–H and O–H groups in total. The maximum atomic E-state index is 12.3. The first-order chi connectivity index (χ1) is 9.92. The van der Waals surface area contributed by atoms with Gasteiger partial charge in [0.2, 0.25) is 0 Å². The molecule has 0 unspecified atom stereocenters. The van der Waals surface area contributed by atoms with Gasteiger partial charge in [0.15, 0.2) is 0 Å². The minimum absolute atomic E-state index is 0.208. The zero-order valence-electron chi connectivity index (χ0n) is 11.6. The Kier molecular flexibility index (Phi) is 4.88. The number of rotatable bonds is 5. The second-order valence-electron chi connectivity index (χ2n) is 4.75. The first-order valence-electron chi connectivity index (χ1n) is 6.50. The van der Waals surface area contributed by atoms with Crippen LogP contribution < -0.4 is 10.5 Å². The Labute approximate surface area is 130 Å². The van der Waals surface area contributed by atoms with Crippen LogP contribution in [0.4, 0.5) is 5.69 Å². The molecule has 6 heteroatoms. The first kappa shape index (κ1) is 15.8. The van der Waals surface area contributed by atoms with E-state index >= 15 is 0 Å². The van der Waals surface area contributed by atoms with Crippen LogP contribution in [-0.4, -0.2) is 15.0 Å². The highest BCUT2D eigenvalue weighted by Crippen LogP contribution is 2.22. The predicted molar refractivity (Wildman–Crippen MR) is 86.2 cm³/mol. The van der Waals surface area contributed by atoms with Crippen LogP contribution in [0.25, 0.3) is 0 Å². The monoisotopic (exact) mass is 324 g/mol. The third-order valence-corrected chi connectivity index (χ3v) is 4.90. The summed E-state index contributed by atoms with van der Waals surface area (Å²) in [5, 5.41) is 0.522. The van der Waals surface area contributed by atoms with Crippen molar-refractivity contribution in [2.75, 3.05) is 11.3 Å². The lowest BCUT2D eigenvalue weighted by molar-refractivity contribution is 0.601. The molecule has 0 aliphatic carbocycles. The quantitative estimate of drug-likeness (QED) is 0.888. The highest BCUT2D eigenvalue weighted by molar-refractivity contribution is 7.92. The molecule has 0 aliphatic heterocycles. The van der Waals surface area contributed by atoms with Gasteiger partial charge in [-0.25, -0.2) is 8.42 Å². The van der Waals surface area contributed by atoms with E-state index in [9.17, 15) is 8.42 Å². The minimum atomic E-state index is -3.61. The van der Waals surface area contributed by atoms with Gasteiger partial charge in [0, 0.05) is 5.02 Å². The molecule has 0 amide bonds. The third kappa shape index (κ3) is 3.97. The van der Waals surface area contributed by atoms with Crippen molar-refractivity contribution >= 4 is 27.3 Å². The summed E-state index contributed by atoms with van der Waals surface area (Å²) in [6.45, 7) is 2.39. The maximum absolute atomic E-state index is 12.3. The zero-order chi connectivity index (χ0) is 15.5. The van der Waals surface area contributed by atoms with Crippen LogP contribution in [0.1, 0.15) is 11.1 Å². The van der Waals surface area contributed by atoms with E-state index in [1.807, 2.05) is 6.92 Å². The molecule has 4 nitrogen and oxygen atoms in total. The molecular formula is C15H17ClN2O2S. The lowest BCUT2D eigenvalue weighted by atomic mass is 10.2. The number of nitrogens with one attached hydrogen (secondary N) is 1. The Morgan fingerprint density at radius 1 is 1.14 bits per heavy atom. The molecule has 0 fully saturated rings. The molecule has 0 spiro atoms. The second kappa shape index (κ2) is 6.47. The summed E-state index contributed by atoms with van der Waals surface area (Å²) in [7, 11) is -3.61. The second-order valence-corrected chi connectivity index (χ2v) is 6.84. The van der Waals surface area contributed by atoms with Gasteiger partial charge in [0.05, 0.1) is 10.6 Å². The number of sulfonamides is 1. The van der Waals surface area contributed by atoms with Crippen LogP contribution in [0.2, 0.25) is 5.02 Å². The van der Waals surface area contributed by atoms with Crippen molar-refractivity contribution in [1.82, 2.24) is 0 Å². The van der Waals surface area contributed by atoms with Crippen molar-refractivity contribution in [3.8, 4) is 0 Å². The van der Waals surface area contributed by atoms with Gasteiger partial charge in [-0.15, -0.1) is 0 Å². The molecule has 112 valence electrons. The summed E-state index contributed by atoms with van der Waals surface area (Å²) < 4.78 is 27.1. The van der Waals surface area contributed by atoms with Gasteiger partial charge in [-0.1, -0.05) is 29.8 Å². The van der Waals surface area contributed by atoms with Gasteiger partial charge in [-0.3, -0.25) is 4.72 Å². The molecule has 0 aromatic heterocycles. The Hall–Kier alpha value is -1.56. The lowest BCUT2D eigenvalue weighted by Crippen LogP contribution is -2.13. The van der Waals surface area contributed by atoms with E-state index in [0.29, 0.717) is 17.3 Å². The summed E-state index contributed by atoms with van der Waals surface area (Å²) in [6, 6.07) is 11.7. The van der Waals surface area contributed by atoms with Crippen molar-refractivity contribution in [1.29, 1.82) is 0 Å². The average molecular weight is 325 g/mol. The minimum Gasteiger partial charge on any atom is -0.330 e. The Bertz CT molecular complexity index is 728. The molecule has 0 atom stereocenters. The van der Waals surface area contributed by atoms with Crippen LogP contribution in [0, 0.1) is 6.92 Å². The molecular weight excluding hydrogens is 308 g/mol. The van der Waals surface area contributed by atoms with E-state index in [-0.39, 0.29) is 4.90 Å². The first-order valence-corrected chi connectivity index (χ1v) is 8.36. The molecule has 0 radical (unpaired) electrons. The van der Waals surface area contributed by atoms with Gasteiger partial charge in [0.25, 0.3) is 10.0 Å². The summed E-state index contributed by atoms with van der Waals surface area (Å²) in [6.07, 6.45) is 0.724. The van der Waals surface area contributed by atoms with Gasteiger partial charge in [0.1, 0.15) is 0 Å². The SMILES string of the molecule is Cc1ccc(NS(=O)(=O)c2ccc(CCN)cc2)cc1Cl. The number of anilines is 1. The number of nitrogens with two attached hydrogens (primary N) is 1. The normalized spacial score (nSPS) is 11.4. The largest absolute Gasteiger partial charge is 0.330 e. The highest BCUT2D eigenvalue weighted by atomic mass is 35.5. The summed E-state index contributed by atoms with van der Waals surface area (Å²) >= 11 is 6.00. The third-order valence-electron chi connectivity index (χ3n) is 3.09. The number of aryl methyl sites for hydroxylation is 1. The zero-order valence-corrected chi connectivity index (χ0v) is 13.2. The standard InChI is InChI=1S/C15H17ClN2O2S/c1-11-2-5-13(10-15(11)16)18-21(19,20)14-6-3-12(4-7-14)8-9-17/h2-7,10,18H,8-9,17H2,1H3. The molecule has 2 aromatic rings. The van der Waals surface area contributed by atoms with Gasteiger partial charge in [-0.05, 0) is 55.3 Å². The van der Waals surface area contributed by atoms with E-state index < -0.39 is 10.0 Å². The van der Waals surface area contributed by atoms with Gasteiger partial charge in [-0.2, -0.15) is 0 Å². The van der Waals surface area contributed by atoms with E-state index in [2.05, 4.69) is 4.72 Å². The molecule has 0 heterocycles. The predicted octanol–water partition coefficient (Wildman–Crippen LogP) is 2.95. The van der Waals surface area contributed by atoms with Gasteiger partial charge < -0.3 is 5.73 Å². The maximum Gasteiger partial charge on any atom is 0.261 e. The van der Waals surface area contributed by atoms with Crippen molar-refractivity contribution in [2.45, 2.75) is 18.2 Å². The number of halogens is 1. The Morgan fingerprint density at radius 3 is 2.38 bits per heavy atom. The van der Waals surface area contributed by atoms with Crippen LogP contribution in [0.5, 0.6) is 0 Å². The van der Waals surface area contributed by atoms with E-state index in [1.165, 1.54) is 0 Å². The van der Waals surface area contributed by atoms with Crippen molar-refractivity contribution in [2.24, 2.45) is 5.73 Å². The fourth-order valence-corrected chi connectivity index (χ4v) is 3.10. The smallest absolute Gasteiger partial charge is 0.261 e. The lowest BCUT2D eigenvalue weighted by Gasteiger charge is -2.10. The van der Waals surface area contributed by atoms with Gasteiger partial charge >= 0.3 is 0 Å². The van der Waals surface area contributed by atoms with Crippen molar-refractivity contribution in [3.05, 3.63) is 58.6 Å². The molecule has 2 aromatic carbocycles. The summed E-state index contributed by atoms with van der Waals surface area (Å²) in [5.74, 6) is 0. The molecule has 0 bridgehead atoms. The molecule has 0 aliphatic rings. The van der Waals surface area contributed by atoms with Crippen LogP contribution in [-0.2, 0) is 16.4 Å². The highest BCUT2D eigenvalue weighted by Gasteiger charge is 2.14. The van der Waals surface area contributed by atoms with Crippen molar-refractivity contribution < 1.29 is 8.42 Å². The fraction of sp³-hybridized carbons (Fsp3) is 0.200. The molecule has 0 saturated carbocycles. The summed E-state index contributed by atoms with van der Waals surface area (Å²) in [4.78, 5) is 0.208. The molecule has 0 saturated heterocycles. The Morgan fingerprint density at radius 2 is 1.81 bits per heavy atom. The van der Waals surface area contributed by atoms with Crippen LogP contribution in [0.15, 0.2) is 47.4 Å². The van der Waals surface area contributed by atoms with E-state index in [1.54, 1.807) is 42.5 Å².